The summed E-state index contributed by atoms with van der Waals surface area (Å²) in [4.78, 5) is 34.2. The average Bonchev–Trinajstić information content (AvgIpc) is 2.90. The molecule has 0 spiro atoms. The smallest absolute Gasteiger partial charge is 0.261 e. The number of rotatable bonds is 5. The third-order valence-corrected chi connectivity index (χ3v) is 3.89. The predicted molar refractivity (Wildman–Crippen MR) is 94.2 cm³/mol. The number of nitrogens with zero attached hydrogens (tertiary/aromatic N) is 3. The summed E-state index contributed by atoms with van der Waals surface area (Å²) < 4.78 is 0. The van der Waals surface area contributed by atoms with Crippen molar-refractivity contribution in [1.82, 2.24) is 20.5 Å². The summed E-state index contributed by atoms with van der Waals surface area (Å²) in [7, 11) is 1.66. The summed E-state index contributed by atoms with van der Waals surface area (Å²) in [6.07, 6.45) is 1.73. The first kappa shape index (κ1) is 16.6. The number of hydrogen-bond donors (Lipinski definition) is 2. The van der Waals surface area contributed by atoms with Crippen LogP contribution in [-0.2, 0) is 6.54 Å². The lowest BCUT2D eigenvalue weighted by atomic mass is 10.1. The molecule has 0 saturated heterocycles. The second-order valence-electron chi connectivity index (χ2n) is 5.48. The maximum Gasteiger partial charge on any atom is 0.261 e. The third kappa shape index (κ3) is 3.65. The fourth-order valence-corrected chi connectivity index (χ4v) is 2.63. The zero-order chi connectivity index (χ0) is 17.6. The number of imide groups is 1. The van der Waals surface area contributed by atoms with Gasteiger partial charge in [0.15, 0.2) is 5.96 Å². The highest BCUT2D eigenvalue weighted by atomic mass is 16.2. The molecule has 1 aromatic carbocycles. The van der Waals surface area contributed by atoms with Crippen molar-refractivity contribution in [3.8, 4) is 0 Å². The molecule has 0 unspecified atom stereocenters. The Bertz CT molecular complexity index is 769. The van der Waals surface area contributed by atoms with E-state index < -0.39 is 0 Å². The van der Waals surface area contributed by atoms with Crippen molar-refractivity contribution in [1.29, 1.82) is 0 Å². The number of nitrogens with one attached hydrogen (secondary N) is 2. The van der Waals surface area contributed by atoms with Crippen LogP contribution in [0.3, 0.4) is 0 Å². The standard InChI is InChI=1S/C18H19N5O2/c1-19-18(22-12-13-6-4-5-9-20-13)21-10-11-23-16(24)14-7-2-3-8-15(14)17(23)25/h2-9H,10-12H2,1H3,(H2,19,21,22). The van der Waals surface area contributed by atoms with Gasteiger partial charge in [-0.25, -0.2) is 0 Å². The van der Waals surface area contributed by atoms with Crippen molar-refractivity contribution in [2.45, 2.75) is 6.54 Å². The number of amides is 2. The largest absolute Gasteiger partial charge is 0.355 e. The van der Waals surface area contributed by atoms with E-state index in [4.69, 9.17) is 0 Å². The number of aromatic nitrogens is 1. The summed E-state index contributed by atoms with van der Waals surface area (Å²) in [5.74, 6) is 0.0833. The molecule has 25 heavy (non-hydrogen) atoms. The van der Waals surface area contributed by atoms with Gasteiger partial charge in [0.25, 0.3) is 11.8 Å². The van der Waals surface area contributed by atoms with E-state index in [9.17, 15) is 9.59 Å². The minimum atomic E-state index is -0.251. The zero-order valence-corrected chi connectivity index (χ0v) is 13.9. The molecule has 0 radical (unpaired) electrons. The fraction of sp³-hybridized carbons (Fsp3) is 0.222. The number of pyridine rings is 1. The van der Waals surface area contributed by atoms with E-state index >= 15 is 0 Å². The Morgan fingerprint density at radius 2 is 1.72 bits per heavy atom. The van der Waals surface area contributed by atoms with Gasteiger partial charge in [0.2, 0.25) is 0 Å². The summed E-state index contributed by atoms with van der Waals surface area (Å²) in [6, 6.07) is 12.6. The molecule has 2 heterocycles. The molecule has 128 valence electrons. The van der Waals surface area contributed by atoms with Crippen molar-refractivity contribution < 1.29 is 9.59 Å². The van der Waals surface area contributed by atoms with Gasteiger partial charge in [-0.3, -0.25) is 24.5 Å². The summed E-state index contributed by atoms with van der Waals surface area (Å²) in [5, 5.41) is 6.24. The first-order chi connectivity index (χ1) is 12.2. The summed E-state index contributed by atoms with van der Waals surface area (Å²) >= 11 is 0. The van der Waals surface area contributed by atoms with Gasteiger partial charge in [0.1, 0.15) is 0 Å². The Morgan fingerprint density at radius 3 is 2.32 bits per heavy atom. The van der Waals surface area contributed by atoms with Crippen molar-refractivity contribution in [3.05, 3.63) is 65.5 Å². The number of hydrogen-bond acceptors (Lipinski definition) is 4. The molecule has 1 aliphatic heterocycles. The van der Waals surface area contributed by atoms with Crippen molar-refractivity contribution in [3.63, 3.8) is 0 Å². The molecule has 2 N–H and O–H groups in total. The van der Waals surface area contributed by atoms with Crippen LogP contribution in [0.15, 0.2) is 53.7 Å². The lowest BCUT2D eigenvalue weighted by Gasteiger charge is -2.16. The van der Waals surface area contributed by atoms with Crippen molar-refractivity contribution in [2.75, 3.05) is 20.1 Å². The monoisotopic (exact) mass is 337 g/mol. The number of benzene rings is 1. The molecule has 0 bridgehead atoms. The Balaban J connectivity index is 1.51. The highest BCUT2D eigenvalue weighted by Gasteiger charge is 2.34. The molecule has 0 atom stereocenters. The molecule has 0 fully saturated rings. The van der Waals surface area contributed by atoms with Gasteiger partial charge in [0, 0.05) is 26.3 Å². The quantitative estimate of drug-likeness (QED) is 0.484. The zero-order valence-electron chi connectivity index (χ0n) is 13.9. The number of fused-ring (bicyclic) bond motifs is 1. The number of carbonyl (C=O) groups excluding carboxylic acids is 2. The highest BCUT2D eigenvalue weighted by Crippen LogP contribution is 2.21. The van der Waals surface area contributed by atoms with E-state index in [1.807, 2.05) is 18.2 Å². The maximum absolute atomic E-state index is 12.3. The van der Waals surface area contributed by atoms with Crippen LogP contribution in [0.5, 0.6) is 0 Å². The van der Waals surface area contributed by atoms with Crippen LogP contribution in [0, 0.1) is 0 Å². The molecule has 0 saturated carbocycles. The Kier molecular flexibility index (Phi) is 5.03. The van der Waals surface area contributed by atoms with Crippen LogP contribution >= 0.6 is 0 Å². The molecule has 7 nitrogen and oxygen atoms in total. The van der Waals surface area contributed by atoms with Crippen LogP contribution in [-0.4, -0.2) is 47.8 Å². The fourth-order valence-electron chi connectivity index (χ4n) is 2.63. The van der Waals surface area contributed by atoms with Gasteiger partial charge in [0.05, 0.1) is 23.4 Å². The third-order valence-electron chi connectivity index (χ3n) is 3.89. The molecule has 1 aromatic heterocycles. The van der Waals surface area contributed by atoms with Gasteiger partial charge < -0.3 is 10.6 Å². The van der Waals surface area contributed by atoms with Gasteiger partial charge >= 0.3 is 0 Å². The van der Waals surface area contributed by atoms with Crippen LogP contribution in [0.4, 0.5) is 0 Å². The second kappa shape index (κ2) is 7.57. The summed E-state index contributed by atoms with van der Waals surface area (Å²) in [6.45, 7) is 1.22. The lowest BCUT2D eigenvalue weighted by molar-refractivity contribution is 0.0657. The van der Waals surface area contributed by atoms with Crippen LogP contribution in [0.1, 0.15) is 26.4 Å². The molecular weight excluding hydrogens is 318 g/mol. The number of guanidine groups is 1. The molecule has 7 heteroatoms. The molecule has 3 rings (SSSR count). The van der Waals surface area contributed by atoms with Crippen molar-refractivity contribution in [2.24, 2.45) is 4.99 Å². The molecule has 0 aliphatic carbocycles. The topological polar surface area (TPSA) is 86.7 Å². The SMILES string of the molecule is CN=C(NCCN1C(=O)c2ccccc2C1=O)NCc1ccccn1. The molecule has 2 aromatic rings. The minimum Gasteiger partial charge on any atom is -0.355 e. The van der Waals surface area contributed by atoms with E-state index in [-0.39, 0.29) is 18.4 Å². The predicted octanol–water partition coefficient (Wildman–Crippen LogP) is 1.04. The minimum absolute atomic E-state index is 0.251. The van der Waals surface area contributed by atoms with E-state index in [0.29, 0.717) is 30.2 Å². The lowest BCUT2D eigenvalue weighted by Crippen LogP contribution is -2.42. The summed E-state index contributed by atoms with van der Waals surface area (Å²) in [5.41, 5.74) is 1.82. The molecule has 2 amide bonds. The Labute approximate surface area is 145 Å². The second-order valence-corrected chi connectivity index (χ2v) is 5.48. The molecular formula is C18H19N5O2. The highest BCUT2D eigenvalue weighted by molar-refractivity contribution is 6.21. The van der Waals surface area contributed by atoms with Crippen LogP contribution < -0.4 is 10.6 Å². The van der Waals surface area contributed by atoms with Gasteiger partial charge in [-0.2, -0.15) is 0 Å². The maximum atomic E-state index is 12.3. The van der Waals surface area contributed by atoms with Crippen LogP contribution in [0.25, 0.3) is 0 Å². The van der Waals surface area contributed by atoms with E-state index in [0.717, 1.165) is 5.69 Å². The number of carbonyl (C=O) groups is 2. The first-order valence-corrected chi connectivity index (χ1v) is 8.00. The molecule has 1 aliphatic rings. The van der Waals surface area contributed by atoms with Gasteiger partial charge in [-0.1, -0.05) is 18.2 Å². The Morgan fingerprint density at radius 1 is 1.04 bits per heavy atom. The van der Waals surface area contributed by atoms with E-state index in [2.05, 4.69) is 20.6 Å². The van der Waals surface area contributed by atoms with Gasteiger partial charge in [-0.15, -0.1) is 0 Å². The number of aliphatic imine (C=N–C) groups is 1. The van der Waals surface area contributed by atoms with Crippen molar-refractivity contribution >= 4 is 17.8 Å². The van der Waals surface area contributed by atoms with Crippen LogP contribution in [0.2, 0.25) is 0 Å². The van der Waals surface area contributed by atoms with E-state index in [1.54, 1.807) is 37.5 Å². The first-order valence-electron chi connectivity index (χ1n) is 8.00. The van der Waals surface area contributed by atoms with Gasteiger partial charge in [-0.05, 0) is 24.3 Å². The van der Waals surface area contributed by atoms with E-state index in [1.165, 1.54) is 4.90 Å². The average molecular weight is 337 g/mol. The Hall–Kier alpha value is -3.22. The normalized spacial score (nSPS) is 13.8.